The van der Waals surface area contributed by atoms with E-state index in [0.717, 1.165) is 5.56 Å². The van der Waals surface area contributed by atoms with Crippen molar-refractivity contribution in [3.05, 3.63) is 53.6 Å². The molecule has 6 nitrogen and oxygen atoms in total. The topological polar surface area (TPSA) is 92.4 Å². The number of nitrogens with zero attached hydrogens (tertiary/aromatic N) is 2. The number of aliphatic carboxylic acids is 1. The average Bonchev–Trinajstić information content (AvgIpc) is 2.82. The predicted molar refractivity (Wildman–Crippen MR) is 88.2 cm³/mol. The Morgan fingerprint density at radius 1 is 1.26 bits per heavy atom. The summed E-state index contributed by atoms with van der Waals surface area (Å²) in [7, 11) is 0. The molecule has 1 aromatic carbocycles. The fourth-order valence-corrected chi connectivity index (χ4v) is 2.66. The van der Waals surface area contributed by atoms with Crippen LogP contribution in [0.3, 0.4) is 0 Å². The van der Waals surface area contributed by atoms with Crippen molar-refractivity contribution in [2.75, 3.05) is 0 Å². The minimum Gasteiger partial charge on any atom is -0.480 e. The summed E-state index contributed by atoms with van der Waals surface area (Å²) in [5, 5.41) is 18.7. The summed E-state index contributed by atoms with van der Waals surface area (Å²) in [6.45, 7) is 3.34. The van der Waals surface area contributed by atoms with Gasteiger partial charge in [-0.25, -0.2) is 14.6 Å². The van der Waals surface area contributed by atoms with Crippen LogP contribution in [0.25, 0.3) is 0 Å². The van der Waals surface area contributed by atoms with E-state index in [1.165, 1.54) is 10.8 Å². The fourth-order valence-electron chi connectivity index (χ4n) is 2.43. The van der Waals surface area contributed by atoms with E-state index in [1.807, 2.05) is 30.3 Å². The molecule has 1 heterocycles. The van der Waals surface area contributed by atoms with Gasteiger partial charge in [0.15, 0.2) is 5.69 Å². The molecule has 1 aromatic heterocycles. The number of carboxylic acids is 2. The average molecular weight is 334 g/mol. The quantitative estimate of drug-likeness (QED) is 0.706. The Bertz CT molecular complexity index is 719. The number of aromatic carboxylic acids is 1. The van der Waals surface area contributed by atoms with Crippen molar-refractivity contribution in [3.63, 3.8) is 0 Å². The zero-order valence-corrected chi connectivity index (χ0v) is 13.7. The van der Waals surface area contributed by atoms with Gasteiger partial charge in [0, 0.05) is 17.4 Å². The van der Waals surface area contributed by atoms with E-state index in [0.29, 0.717) is 12.2 Å². The second kappa shape index (κ2) is 6.45. The van der Waals surface area contributed by atoms with Crippen LogP contribution >= 0.6 is 12.6 Å². The molecular weight excluding hydrogens is 316 g/mol. The van der Waals surface area contributed by atoms with Crippen LogP contribution in [0.1, 0.15) is 41.8 Å². The third-order valence-corrected chi connectivity index (χ3v) is 3.66. The number of hydrogen-bond acceptors (Lipinski definition) is 4. The first-order valence-electron chi connectivity index (χ1n) is 7.00. The van der Waals surface area contributed by atoms with Crippen LogP contribution in [-0.2, 0) is 11.2 Å². The Balaban J connectivity index is 2.52. The van der Waals surface area contributed by atoms with Crippen LogP contribution < -0.4 is 0 Å². The molecule has 0 radical (unpaired) electrons. The zero-order chi connectivity index (χ0) is 17.2. The van der Waals surface area contributed by atoms with E-state index in [2.05, 4.69) is 17.6 Å². The number of thiol groups is 1. The van der Waals surface area contributed by atoms with Crippen LogP contribution in [0.5, 0.6) is 0 Å². The number of aromatic nitrogens is 2. The molecule has 1 atom stereocenters. The number of imidazole rings is 1. The van der Waals surface area contributed by atoms with Crippen molar-refractivity contribution in [2.24, 2.45) is 0 Å². The van der Waals surface area contributed by atoms with Crippen molar-refractivity contribution in [3.8, 4) is 0 Å². The number of carbonyl (C=O) groups is 2. The third kappa shape index (κ3) is 3.92. The van der Waals surface area contributed by atoms with Crippen LogP contribution in [0.2, 0.25) is 0 Å². The van der Waals surface area contributed by atoms with Crippen molar-refractivity contribution in [1.29, 1.82) is 0 Å². The smallest absolute Gasteiger partial charge is 0.356 e. The molecular formula is C16H18N2O4S. The van der Waals surface area contributed by atoms with E-state index < -0.39 is 22.7 Å². The lowest BCUT2D eigenvalue weighted by Gasteiger charge is -2.28. The second-order valence-electron chi connectivity index (χ2n) is 5.81. The van der Waals surface area contributed by atoms with E-state index >= 15 is 0 Å². The molecule has 2 N–H and O–H groups in total. The Morgan fingerprint density at radius 3 is 2.35 bits per heavy atom. The molecule has 0 unspecified atom stereocenters. The van der Waals surface area contributed by atoms with Crippen LogP contribution in [0.4, 0.5) is 0 Å². The van der Waals surface area contributed by atoms with Gasteiger partial charge in [0.1, 0.15) is 11.9 Å². The molecule has 0 saturated carbocycles. The Kier molecular flexibility index (Phi) is 4.79. The number of carboxylic acid groups (broad SMARTS) is 2. The van der Waals surface area contributed by atoms with Gasteiger partial charge in [0.2, 0.25) is 0 Å². The lowest BCUT2D eigenvalue weighted by molar-refractivity contribution is -0.141. The summed E-state index contributed by atoms with van der Waals surface area (Å²) in [5.41, 5.74) is 0.733. The van der Waals surface area contributed by atoms with Crippen LogP contribution in [0.15, 0.2) is 36.5 Å². The molecule has 0 aliphatic heterocycles. The van der Waals surface area contributed by atoms with Gasteiger partial charge in [-0.1, -0.05) is 30.3 Å². The van der Waals surface area contributed by atoms with Gasteiger partial charge >= 0.3 is 11.9 Å². The van der Waals surface area contributed by atoms with Crippen molar-refractivity contribution >= 4 is 24.6 Å². The molecule has 23 heavy (non-hydrogen) atoms. The maximum atomic E-state index is 11.7. The highest BCUT2D eigenvalue weighted by atomic mass is 32.1. The first-order valence-corrected chi connectivity index (χ1v) is 7.45. The molecule has 2 aromatic rings. The lowest BCUT2D eigenvalue weighted by Crippen LogP contribution is -2.35. The van der Waals surface area contributed by atoms with Gasteiger partial charge in [0.05, 0.1) is 0 Å². The molecule has 0 spiro atoms. The van der Waals surface area contributed by atoms with Crippen molar-refractivity contribution < 1.29 is 19.8 Å². The molecule has 2 rings (SSSR count). The van der Waals surface area contributed by atoms with Gasteiger partial charge < -0.3 is 14.8 Å². The largest absolute Gasteiger partial charge is 0.480 e. The molecule has 0 saturated heterocycles. The fraction of sp³-hybridized carbons (Fsp3) is 0.312. The standard InChI is InChI=1S/C16H18N2O4S/c1-16(2,23)13(15(21)22)18-9-11(14(19)20)17-12(18)8-10-6-4-3-5-7-10/h3-7,9,13,23H,8H2,1-2H3,(H,19,20)(H,21,22)/t13-/m0/s1. The van der Waals surface area contributed by atoms with Crippen molar-refractivity contribution in [1.82, 2.24) is 9.55 Å². The second-order valence-corrected chi connectivity index (χ2v) is 6.96. The molecule has 0 fully saturated rings. The number of hydrogen-bond donors (Lipinski definition) is 3. The van der Waals surface area contributed by atoms with Gasteiger partial charge in [-0.05, 0) is 19.4 Å². The monoisotopic (exact) mass is 334 g/mol. The molecule has 0 aliphatic carbocycles. The minimum absolute atomic E-state index is 0.181. The van der Waals surface area contributed by atoms with Gasteiger partial charge in [-0.15, -0.1) is 0 Å². The van der Waals surface area contributed by atoms with E-state index in [-0.39, 0.29) is 5.69 Å². The van der Waals surface area contributed by atoms with Crippen LogP contribution in [-0.4, -0.2) is 36.4 Å². The highest BCUT2D eigenvalue weighted by Gasteiger charge is 2.36. The Hall–Kier alpha value is -2.28. The highest BCUT2D eigenvalue weighted by Crippen LogP contribution is 2.31. The van der Waals surface area contributed by atoms with Gasteiger partial charge in [0.25, 0.3) is 0 Å². The SMILES string of the molecule is CC(C)(S)[C@H](C(=O)O)n1cc(C(=O)O)nc1Cc1ccccc1. The normalized spacial score (nSPS) is 12.8. The molecule has 0 amide bonds. The zero-order valence-electron chi connectivity index (χ0n) is 12.8. The Labute approximate surface area is 139 Å². The van der Waals surface area contributed by atoms with Crippen molar-refractivity contribution in [2.45, 2.75) is 31.1 Å². The Morgan fingerprint density at radius 2 is 1.87 bits per heavy atom. The summed E-state index contributed by atoms with van der Waals surface area (Å²) < 4.78 is 0.500. The summed E-state index contributed by atoms with van der Waals surface area (Å²) in [6, 6.07) is 8.30. The molecule has 7 heteroatoms. The summed E-state index contributed by atoms with van der Waals surface area (Å²) in [4.78, 5) is 27.0. The molecule has 0 bridgehead atoms. The highest BCUT2D eigenvalue weighted by molar-refractivity contribution is 7.81. The third-order valence-electron chi connectivity index (χ3n) is 3.41. The number of rotatable bonds is 6. The van der Waals surface area contributed by atoms with E-state index in [9.17, 15) is 14.7 Å². The first kappa shape index (κ1) is 17.1. The minimum atomic E-state index is -1.20. The lowest BCUT2D eigenvalue weighted by atomic mass is 10.0. The van der Waals surface area contributed by atoms with Crippen LogP contribution in [0, 0.1) is 0 Å². The number of benzene rings is 1. The maximum Gasteiger partial charge on any atom is 0.356 e. The predicted octanol–water partition coefficient (Wildman–Crippen LogP) is 2.51. The molecule has 122 valence electrons. The summed E-state index contributed by atoms with van der Waals surface area (Å²) in [6.07, 6.45) is 1.60. The van der Waals surface area contributed by atoms with Gasteiger partial charge in [-0.2, -0.15) is 12.6 Å². The van der Waals surface area contributed by atoms with E-state index in [4.69, 9.17) is 5.11 Å². The van der Waals surface area contributed by atoms with E-state index in [1.54, 1.807) is 13.8 Å². The summed E-state index contributed by atoms with van der Waals surface area (Å²) in [5.74, 6) is -1.91. The van der Waals surface area contributed by atoms with Gasteiger partial charge in [-0.3, -0.25) is 0 Å². The first-order chi connectivity index (χ1) is 10.7. The maximum absolute atomic E-state index is 11.7. The molecule has 0 aliphatic rings. The summed E-state index contributed by atoms with van der Waals surface area (Å²) >= 11 is 4.36.